The number of nitrogens with one attached hydrogen (secondary N) is 2. The van der Waals surface area contributed by atoms with Gasteiger partial charge < -0.3 is 10.6 Å². The first-order valence-corrected chi connectivity index (χ1v) is 8.90. The van der Waals surface area contributed by atoms with Crippen LogP contribution in [0.3, 0.4) is 0 Å². The monoisotopic (exact) mass is 359 g/mol. The summed E-state index contributed by atoms with van der Waals surface area (Å²) in [5, 5.41) is 8.10. The van der Waals surface area contributed by atoms with Gasteiger partial charge in [0.1, 0.15) is 0 Å². The molecule has 0 bridgehead atoms. The van der Waals surface area contributed by atoms with Crippen LogP contribution in [0.1, 0.15) is 23.9 Å². The molecule has 124 valence electrons. The van der Waals surface area contributed by atoms with E-state index in [9.17, 15) is 0 Å². The van der Waals surface area contributed by atoms with Crippen LogP contribution in [-0.4, -0.2) is 23.2 Å². The van der Waals surface area contributed by atoms with Gasteiger partial charge in [-0.2, -0.15) is 0 Å². The van der Waals surface area contributed by atoms with Gasteiger partial charge in [0.05, 0.1) is 16.3 Å². The molecule has 0 saturated carbocycles. The Balaban J connectivity index is 1.86. The summed E-state index contributed by atoms with van der Waals surface area (Å²) in [4.78, 5) is 14.7. The molecule has 5 nitrogen and oxygen atoms in total. The van der Waals surface area contributed by atoms with E-state index in [1.165, 1.54) is 0 Å². The number of rotatable bonds is 4. The molecular formula is C17H18ClN5S. The fourth-order valence-electron chi connectivity index (χ4n) is 2.25. The molecule has 0 spiro atoms. The van der Waals surface area contributed by atoms with Gasteiger partial charge in [-0.25, -0.2) is 15.0 Å². The second-order valence-corrected chi connectivity index (χ2v) is 6.63. The summed E-state index contributed by atoms with van der Waals surface area (Å²) in [5.74, 6) is 0.555. The van der Waals surface area contributed by atoms with Crippen LogP contribution in [0, 0.1) is 6.92 Å². The van der Waals surface area contributed by atoms with E-state index in [1.54, 1.807) is 17.5 Å². The number of guanidine groups is 1. The Kier molecular flexibility index (Phi) is 5.27. The average Bonchev–Trinajstić information content (AvgIpc) is 2.78. The number of benzene rings is 1. The number of aromatic nitrogens is 1. The third-order valence-corrected chi connectivity index (χ3v) is 4.76. The molecule has 0 amide bonds. The molecule has 1 aromatic heterocycles. The van der Waals surface area contributed by atoms with Crippen LogP contribution in [0.15, 0.2) is 46.5 Å². The maximum atomic E-state index is 5.92. The van der Waals surface area contributed by atoms with Gasteiger partial charge in [-0.3, -0.25) is 0 Å². The largest absolute Gasteiger partial charge is 0.362 e. The zero-order chi connectivity index (χ0) is 16.9. The van der Waals surface area contributed by atoms with Crippen LogP contribution in [-0.2, 0) is 0 Å². The van der Waals surface area contributed by atoms with Crippen molar-refractivity contribution in [2.75, 3.05) is 17.2 Å². The number of halogens is 1. The Morgan fingerprint density at radius 1 is 1.25 bits per heavy atom. The van der Waals surface area contributed by atoms with E-state index >= 15 is 0 Å². The Hall–Kier alpha value is -2.18. The fourth-order valence-corrected chi connectivity index (χ4v) is 3.41. The van der Waals surface area contributed by atoms with Gasteiger partial charge in [0.2, 0.25) is 5.96 Å². The first-order chi connectivity index (χ1) is 11.7. The molecule has 0 unspecified atom stereocenters. The number of hydrogen-bond acceptors (Lipinski definition) is 6. The summed E-state index contributed by atoms with van der Waals surface area (Å²) in [5.41, 5.74) is 2.84. The molecule has 0 atom stereocenters. The average molecular weight is 360 g/mol. The van der Waals surface area contributed by atoms with Crippen LogP contribution in [0.5, 0.6) is 0 Å². The maximum absolute atomic E-state index is 5.92. The van der Waals surface area contributed by atoms with Crippen LogP contribution >= 0.6 is 22.9 Å². The van der Waals surface area contributed by atoms with Crippen molar-refractivity contribution < 1.29 is 0 Å². The Morgan fingerprint density at radius 3 is 2.79 bits per heavy atom. The van der Waals surface area contributed by atoms with Gasteiger partial charge in [-0.15, -0.1) is 0 Å². The van der Waals surface area contributed by atoms with Crippen molar-refractivity contribution in [3.8, 4) is 0 Å². The maximum Gasteiger partial charge on any atom is 0.227 e. The van der Waals surface area contributed by atoms with Gasteiger partial charge in [-0.05, 0) is 38.1 Å². The lowest BCUT2D eigenvalue weighted by atomic mass is 10.2. The number of allylic oxidation sites excluding steroid dienone is 1. The SMILES string of the molecule is CCNc1nc(C)c(C2=NC(Nc3ccc(Cl)cc3)=NC=CC2)s1. The minimum absolute atomic E-state index is 0.555. The normalized spacial score (nSPS) is 14.0. The third-order valence-electron chi connectivity index (χ3n) is 3.34. The molecule has 2 heterocycles. The van der Waals surface area contributed by atoms with E-state index in [1.807, 2.05) is 37.3 Å². The van der Waals surface area contributed by atoms with E-state index in [2.05, 4.69) is 27.5 Å². The van der Waals surface area contributed by atoms with Gasteiger partial charge in [0.25, 0.3) is 0 Å². The zero-order valence-corrected chi connectivity index (χ0v) is 15.1. The highest BCUT2D eigenvalue weighted by molar-refractivity contribution is 7.17. The van der Waals surface area contributed by atoms with E-state index in [0.29, 0.717) is 11.0 Å². The summed E-state index contributed by atoms with van der Waals surface area (Å²) in [6, 6.07) is 7.46. The van der Waals surface area contributed by atoms with Crippen molar-refractivity contribution in [2.24, 2.45) is 9.98 Å². The number of nitrogens with zero attached hydrogens (tertiary/aromatic N) is 3. The molecule has 0 fully saturated rings. The first kappa shape index (κ1) is 16.7. The molecule has 24 heavy (non-hydrogen) atoms. The summed E-state index contributed by atoms with van der Waals surface area (Å²) >= 11 is 7.54. The molecule has 2 N–H and O–H groups in total. The summed E-state index contributed by atoms with van der Waals surface area (Å²) < 4.78 is 0. The molecule has 3 rings (SSSR count). The minimum Gasteiger partial charge on any atom is -0.362 e. The number of thiazole rings is 1. The molecular weight excluding hydrogens is 342 g/mol. The van der Waals surface area contributed by atoms with E-state index in [0.717, 1.165) is 40.1 Å². The van der Waals surface area contributed by atoms with Crippen LogP contribution in [0.25, 0.3) is 0 Å². The first-order valence-electron chi connectivity index (χ1n) is 7.70. The van der Waals surface area contributed by atoms with E-state index in [-0.39, 0.29) is 0 Å². The van der Waals surface area contributed by atoms with Crippen molar-refractivity contribution in [1.82, 2.24) is 4.98 Å². The molecule has 7 heteroatoms. The zero-order valence-electron chi connectivity index (χ0n) is 13.5. The van der Waals surface area contributed by atoms with Crippen LogP contribution < -0.4 is 10.6 Å². The van der Waals surface area contributed by atoms with Crippen LogP contribution in [0.2, 0.25) is 5.02 Å². The highest BCUT2D eigenvalue weighted by atomic mass is 35.5. The minimum atomic E-state index is 0.555. The highest BCUT2D eigenvalue weighted by Gasteiger charge is 2.15. The number of anilines is 2. The van der Waals surface area contributed by atoms with Gasteiger partial charge >= 0.3 is 0 Å². The molecule has 1 aliphatic heterocycles. The highest BCUT2D eigenvalue weighted by Crippen LogP contribution is 2.25. The lowest BCUT2D eigenvalue weighted by Crippen LogP contribution is -2.12. The quantitative estimate of drug-likeness (QED) is 0.830. The van der Waals surface area contributed by atoms with Crippen molar-refractivity contribution in [3.05, 3.63) is 52.1 Å². The van der Waals surface area contributed by atoms with E-state index < -0.39 is 0 Å². The van der Waals surface area contributed by atoms with Gasteiger partial charge in [0, 0.05) is 29.9 Å². The van der Waals surface area contributed by atoms with Gasteiger partial charge in [-0.1, -0.05) is 29.0 Å². The summed E-state index contributed by atoms with van der Waals surface area (Å²) in [7, 11) is 0. The number of aryl methyl sites for hydroxylation is 1. The second-order valence-electron chi connectivity index (χ2n) is 5.20. The lowest BCUT2D eigenvalue weighted by Gasteiger charge is -2.06. The second kappa shape index (κ2) is 7.59. The molecule has 0 aliphatic carbocycles. The molecule has 1 aromatic carbocycles. The summed E-state index contributed by atoms with van der Waals surface area (Å²) in [6.07, 6.45) is 4.50. The Labute approximate surface area is 150 Å². The third kappa shape index (κ3) is 4.01. The van der Waals surface area contributed by atoms with Crippen molar-refractivity contribution in [3.63, 3.8) is 0 Å². The molecule has 0 radical (unpaired) electrons. The van der Waals surface area contributed by atoms with Crippen molar-refractivity contribution >= 4 is 45.4 Å². The topological polar surface area (TPSA) is 61.7 Å². The lowest BCUT2D eigenvalue weighted by molar-refractivity contribution is 1.16. The van der Waals surface area contributed by atoms with Gasteiger partial charge in [0.15, 0.2) is 5.13 Å². The number of aliphatic imine (C=N–C) groups is 2. The predicted molar refractivity (Wildman–Crippen MR) is 104 cm³/mol. The summed E-state index contributed by atoms with van der Waals surface area (Å²) in [6.45, 7) is 4.92. The fraction of sp³-hybridized carbons (Fsp3) is 0.235. The predicted octanol–water partition coefficient (Wildman–Crippen LogP) is 4.71. The number of hydrogen-bond donors (Lipinski definition) is 2. The van der Waals surface area contributed by atoms with Crippen molar-refractivity contribution in [1.29, 1.82) is 0 Å². The standard InChI is InChI=1S/C17H18ClN5S/c1-3-19-17-21-11(2)15(24-17)14-5-4-10-20-16(23-14)22-13-8-6-12(18)7-9-13/h4,6-10H,3,5H2,1-2H3,(H,19,21)(H,20,22). The van der Waals surface area contributed by atoms with E-state index in [4.69, 9.17) is 16.6 Å². The molecule has 2 aromatic rings. The molecule has 1 aliphatic rings. The van der Waals surface area contributed by atoms with Crippen LogP contribution in [0.4, 0.5) is 10.8 Å². The smallest absolute Gasteiger partial charge is 0.227 e. The molecule has 0 saturated heterocycles. The Morgan fingerprint density at radius 2 is 2.04 bits per heavy atom. The Bertz CT molecular complexity index is 805. The van der Waals surface area contributed by atoms with Crippen molar-refractivity contribution in [2.45, 2.75) is 20.3 Å².